The van der Waals surface area contributed by atoms with Gasteiger partial charge in [-0.25, -0.2) is 4.79 Å². The predicted octanol–water partition coefficient (Wildman–Crippen LogP) is 5.83. The molecule has 0 N–H and O–H groups in total. The fourth-order valence-corrected chi connectivity index (χ4v) is 3.60. The Morgan fingerprint density at radius 1 is 1.03 bits per heavy atom. The third kappa shape index (κ3) is 4.44. The van der Waals surface area contributed by atoms with Crippen LogP contribution in [0.3, 0.4) is 0 Å². The molecular formula is C24H18ClNO5. The number of fused-ring (bicyclic) bond motifs is 1. The molecule has 4 rings (SSSR count). The molecule has 156 valence electrons. The lowest BCUT2D eigenvalue weighted by Gasteiger charge is -2.12. The predicted molar refractivity (Wildman–Crippen MR) is 119 cm³/mol. The van der Waals surface area contributed by atoms with Crippen molar-refractivity contribution in [2.24, 2.45) is 0 Å². The van der Waals surface area contributed by atoms with Crippen molar-refractivity contribution in [3.8, 4) is 5.75 Å². The smallest absolute Gasteiger partial charge is 0.340 e. The Balaban J connectivity index is 1.61. The van der Waals surface area contributed by atoms with Crippen LogP contribution in [0.25, 0.3) is 11.0 Å². The Morgan fingerprint density at radius 3 is 2.42 bits per heavy atom. The number of benzene rings is 3. The summed E-state index contributed by atoms with van der Waals surface area (Å²) >= 11 is 6.43. The van der Waals surface area contributed by atoms with Crippen molar-refractivity contribution in [3.63, 3.8) is 0 Å². The summed E-state index contributed by atoms with van der Waals surface area (Å²) in [5, 5.41) is 11.9. The summed E-state index contributed by atoms with van der Waals surface area (Å²) in [5.41, 5.74) is 3.19. The van der Waals surface area contributed by atoms with Crippen LogP contribution < -0.4 is 10.4 Å². The van der Waals surface area contributed by atoms with E-state index in [-0.39, 0.29) is 12.3 Å². The summed E-state index contributed by atoms with van der Waals surface area (Å²) in [5.74, 6) is 0.367. The van der Waals surface area contributed by atoms with E-state index in [1.54, 1.807) is 24.3 Å². The SMILES string of the molecule is Cc1c(Cc2ccccc2)c(=O)oc2cc(OCc3ccc([N+](=O)[O-])cc3)c(Cl)cc12. The molecule has 0 bridgehead atoms. The zero-order valence-corrected chi connectivity index (χ0v) is 17.4. The van der Waals surface area contributed by atoms with E-state index in [0.29, 0.717) is 28.3 Å². The number of nitro groups is 1. The second-order valence-electron chi connectivity index (χ2n) is 7.15. The quantitative estimate of drug-likeness (QED) is 0.216. The van der Waals surface area contributed by atoms with Crippen molar-refractivity contribution >= 4 is 28.3 Å². The van der Waals surface area contributed by atoms with Gasteiger partial charge < -0.3 is 9.15 Å². The number of hydrogen-bond donors (Lipinski definition) is 0. The van der Waals surface area contributed by atoms with Crippen molar-refractivity contribution < 1.29 is 14.1 Å². The standard InChI is InChI=1S/C24H18ClNO5/c1-15-19-12-21(25)23(30-14-17-7-9-18(10-8-17)26(28)29)13-22(19)31-24(27)20(15)11-16-5-3-2-4-6-16/h2-10,12-13H,11,14H2,1H3. The molecule has 0 spiro atoms. The molecule has 0 atom stereocenters. The molecule has 7 heteroatoms. The first kappa shape index (κ1) is 20.6. The number of ether oxygens (including phenoxy) is 1. The lowest BCUT2D eigenvalue weighted by atomic mass is 9.99. The van der Waals surface area contributed by atoms with Crippen LogP contribution in [0, 0.1) is 17.0 Å². The average molecular weight is 436 g/mol. The van der Waals surface area contributed by atoms with Crippen LogP contribution in [0.1, 0.15) is 22.3 Å². The van der Waals surface area contributed by atoms with Crippen molar-refractivity contribution in [1.29, 1.82) is 0 Å². The number of aryl methyl sites for hydroxylation is 1. The van der Waals surface area contributed by atoms with E-state index in [1.165, 1.54) is 12.1 Å². The van der Waals surface area contributed by atoms with Gasteiger partial charge in [-0.2, -0.15) is 0 Å². The van der Waals surface area contributed by atoms with Gasteiger partial charge in [0.2, 0.25) is 0 Å². The molecule has 3 aromatic carbocycles. The fraction of sp³-hybridized carbons (Fsp3) is 0.125. The van der Waals surface area contributed by atoms with Crippen LogP contribution in [0.2, 0.25) is 5.02 Å². The topological polar surface area (TPSA) is 82.6 Å². The minimum atomic E-state index is -0.457. The number of non-ortho nitro benzene ring substituents is 1. The largest absolute Gasteiger partial charge is 0.487 e. The fourth-order valence-electron chi connectivity index (χ4n) is 3.38. The highest BCUT2D eigenvalue weighted by Gasteiger charge is 2.15. The molecule has 0 aliphatic rings. The number of hydrogen-bond acceptors (Lipinski definition) is 5. The first-order chi connectivity index (χ1) is 14.9. The van der Waals surface area contributed by atoms with Gasteiger partial charge in [0, 0.05) is 35.6 Å². The maximum atomic E-state index is 12.6. The number of halogens is 1. The lowest BCUT2D eigenvalue weighted by Crippen LogP contribution is -2.11. The molecule has 0 aliphatic heterocycles. The van der Waals surface area contributed by atoms with E-state index < -0.39 is 10.5 Å². The maximum Gasteiger partial charge on any atom is 0.340 e. The molecule has 0 radical (unpaired) electrons. The summed E-state index contributed by atoms with van der Waals surface area (Å²) in [6, 6.07) is 19.1. The molecule has 0 saturated carbocycles. The molecule has 0 unspecified atom stereocenters. The van der Waals surface area contributed by atoms with E-state index in [1.807, 2.05) is 37.3 Å². The summed E-state index contributed by atoms with van der Waals surface area (Å²) in [7, 11) is 0. The van der Waals surface area contributed by atoms with Crippen molar-refractivity contribution in [3.05, 3.63) is 115 Å². The zero-order valence-electron chi connectivity index (χ0n) is 16.6. The second-order valence-corrected chi connectivity index (χ2v) is 7.55. The van der Waals surface area contributed by atoms with E-state index in [9.17, 15) is 14.9 Å². The summed E-state index contributed by atoms with van der Waals surface area (Å²) < 4.78 is 11.3. The molecule has 1 heterocycles. The van der Waals surface area contributed by atoms with E-state index >= 15 is 0 Å². The van der Waals surface area contributed by atoms with Gasteiger partial charge >= 0.3 is 5.63 Å². The summed E-state index contributed by atoms with van der Waals surface area (Å²) in [6.07, 6.45) is 0.473. The van der Waals surface area contributed by atoms with Crippen LogP contribution in [0.15, 0.2) is 75.9 Å². The number of rotatable bonds is 6. The van der Waals surface area contributed by atoms with Crippen molar-refractivity contribution in [1.82, 2.24) is 0 Å². The molecule has 0 fully saturated rings. The van der Waals surface area contributed by atoms with Gasteiger partial charge in [0.05, 0.1) is 9.95 Å². The molecule has 4 aromatic rings. The Kier molecular flexibility index (Phi) is 5.73. The zero-order chi connectivity index (χ0) is 22.0. The van der Waals surface area contributed by atoms with Crippen molar-refractivity contribution in [2.75, 3.05) is 0 Å². The highest BCUT2D eigenvalue weighted by molar-refractivity contribution is 6.32. The third-order valence-electron chi connectivity index (χ3n) is 5.11. The monoisotopic (exact) mass is 435 g/mol. The number of nitro benzene ring substituents is 1. The first-order valence-electron chi connectivity index (χ1n) is 9.58. The molecular weight excluding hydrogens is 418 g/mol. The minimum Gasteiger partial charge on any atom is -0.487 e. The molecule has 31 heavy (non-hydrogen) atoms. The third-order valence-corrected chi connectivity index (χ3v) is 5.40. The number of nitrogens with zero attached hydrogens (tertiary/aromatic N) is 1. The van der Waals surface area contributed by atoms with Gasteiger partial charge in [-0.1, -0.05) is 41.9 Å². The van der Waals surface area contributed by atoms with Crippen molar-refractivity contribution in [2.45, 2.75) is 20.0 Å². The van der Waals surface area contributed by atoms with Crippen LogP contribution >= 0.6 is 11.6 Å². The summed E-state index contributed by atoms with van der Waals surface area (Å²) in [6.45, 7) is 2.05. The Morgan fingerprint density at radius 2 is 1.74 bits per heavy atom. The lowest BCUT2D eigenvalue weighted by molar-refractivity contribution is -0.384. The van der Waals surface area contributed by atoms with Gasteiger partial charge in [0.25, 0.3) is 5.69 Å². The molecule has 0 amide bonds. The van der Waals surface area contributed by atoms with Crippen LogP contribution in [-0.2, 0) is 13.0 Å². The Labute approximate surface area is 182 Å². The highest BCUT2D eigenvalue weighted by atomic mass is 35.5. The minimum absolute atomic E-state index is 0.0102. The maximum absolute atomic E-state index is 12.6. The van der Waals surface area contributed by atoms with E-state index in [2.05, 4.69) is 0 Å². The van der Waals surface area contributed by atoms with Gasteiger partial charge in [-0.05, 0) is 41.8 Å². The second kappa shape index (κ2) is 8.62. The Bertz CT molecular complexity index is 1310. The molecule has 0 aliphatic carbocycles. The summed E-state index contributed by atoms with van der Waals surface area (Å²) in [4.78, 5) is 22.9. The van der Waals surface area contributed by atoms with Crippen LogP contribution in [-0.4, -0.2) is 4.92 Å². The van der Waals surface area contributed by atoms with Gasteiger partial charge in [0.1, 0.15) is 17.9 Å². The molecule has 6 nitrogen and oxygen atoms in total. The normalized spacial score (nSPS) is 10.9. The molecule has 1 aromatic heterocycles. The average Bonchev–Trinajstić information content (AvgIpc) is 2.77. The van der Waals surface area contributed by atoms with Gasteiger partial charge in [0.15, 0.2) is 0 Å². The first-order valence-corrected chi connectivity index (χ1v) is 9.96. The van der Waals surface area contributed by atoms with Gasteiger partial charge in [-0.15, -0.1) is 0 Å². The van der Waals surface area contributed by atoms with E-state index in [0.717, 1.165) is 22.1 Å². The van der Waals surface area contributed by atoms with E-state index in [4.69, 9.17) is 20.8 Å². The Hall–Kier alpha value is -3.64. The van der Waals surface area contributed by atoms with Crippen LogP contribution in [0.5, 0.6) is 5.75 Å². The highest BCUT2D eigenvalue weighted by Crippen LogP contribution is 2.33. The molecule has 0 saturated heterocycles. The van der Waals surface area contributed by atoms with Crippen LogP contribution in [0.4, 0.5) is 5.69 Å². The van der Waals surface area contributed by atoms with Gasteiger partial charge in [-0.3, -0.25) is 10.1 Å².